The van der Waals surface area contributed by atoms with Gasteiger partial charge in [0.15, 0.2) is 6.10 Å². The molecule has 0 bridgehead atoms. The Morgan fingerprint density at radius 1 is 1.61 bits per heavy atom. The number of carbonyl (C=O) groups is 1. The number of aryl methyl sites for hydroxylation is 1. The number of nitriles is 1. The van der Waals surface area contributed by atoms with Crippen LogP contribution in [0.1, 0.15) is 15.9 Å². The second-order valence-electron chi connectivity index (χ2n) is 4.31. The van der Waals surface area contributed by atoms with Crippen LogP contribution >= 0.6 is 0 Å². The number of hydrogen-bond acceptors (Lipinski definition) is 4. The number of morpholine rings is 1. The molecule has 1 saturated heterocycles. The quantitative estimate of drug-likeness (QED) is 0.747. The largest absolute Gasteiger partial charge is 0.399 e. The van der Waals surface area contributed by atoms with Gasteiger partial charge in [0.05, 0.1) is 19.2 Å². The molecule has 0 spiro atoms. The van der Waals surface area contributed by atoms with Gasteiger partial charge >= 0.3 is 0 Å². The van der Waals surface area contributed by atoms with Crippen molar-refractivity contribution in [2.75, 3.05) is 25.4 Å². The molecule has 1 fully saturated rings. The maximum atomic E-state index is 12.2. The normalized spacial score (nSPS) is 19.3. The standard InChI is InChI=1S/C13H15N3O2/c1-9-6-10(2-3-12(9)15)13(17)16-4-5-18-11(7-14)8-16/h2-3,6,11H,4-5,8,15H2,1H3. The molecular weight excluding hydrogens is 230 g/mol. The summed E-state index contributed by atoms with van der Waals surface area (Å²) in [5.74, 6) is -0.0818. The number of rotatable bonds is 1. The number of carbonyl (C=O) groups excluding carboxylic acids is 1. The van der Waals surface area contributed by atoms with E-state index in [9.17, 15) is 4.79 Å². The van der Waals surface area contributed by atoms with Crippen LogP contribution in [0.4, 0.5) is 5.69 Å². The van der Waals surface area contributed by atoms with E-state index in [-0.39, 0.29) is 5.91 Å². The van der Waals surface area contributed by atoms with E-state index in [0.717, 1.165) is 5.56 Å². The summed E-state index contributed by atoms with van der Waals surface area (Å²) in [5, 5.41) is 8.81. The first-order valence-corrected chi connectivity index (χ1v) is 5.78. The molecule has 2 N–H and O–H groups in total. The smallest absolute Gasteiger partial charge is 0.254 e. The highest BCUT2D eigenvalue weighted by Crippen LogP contribution is 2.16. The van der Waals surface area contributed by atoms with E-state index in [0.29, 0.717) is 30.9 Å². The van der Waals surface area contributed by atoms with Gasteiger partial charge in [-0.2, -0.15) is 5.26 Å². The highest BCUT2D eigenvalue weighted by molar-refractivity contribution is 5.95. The zero-order valence-corrected chi connectivity index (χ0v) is 10.2. The Kier molecular flexibility index (Phi) is 3.49. The van der Waals surface area contributed by atoms with Crippen molar-refractivity contribution in [1.29, 1.82) is 5.26 Å². The average molecular weight is 245 g/mol. The zero-order chi connectivity index (χ0) is 13.1. The molecule has 94 valence electrons. The molecule has 1 atom stereocenters. The first kappa shape index (κ1) is 12.4. The summed E-state index contributed by atoms with van der Waals surface area (Å²) in [6, 6.07) is 7.23. The minimum Gasteiger partial charge on any atom is -0.399 e. The van der Waals surface area contributed by atoms with E-state index in [1.165, 1.54) is 0 Å². The Labute approximate surface area is 106 Å². The van der Waals surface area contributed by atoms with Crippen LogP contribution in [0.3, 0.4) is 0 Å². The number of amides is 1. The molecule has 2 rings (SSSR count). The van der Waals surface area contributed by atoms with Crippen LogP contribution in [0.2, 0.25) is 0 Å². The van der Waals surface area contributed by atoms with Crippen LogP contribution in [0, 0.1) is 18.3 Å². The Balaban J connectivity index is 2.15. The van der Waals surface area contributed by atoms with E-state index in [2.05, 4.69) is 0 Å². The first-order chi connectivity index (χ1) is 8.61. The fourth-order valence-corrected chi connectivity index (χ4v) is 1.90. The van der Waals surface area contributed by atoms with E-state index in [1.54, 1.807) is 23.1 Å². The molecule has 0 radical (unpaired) electrons. The molecule has 1 amide bonds. The molecule has 1 aromatic rings. The third-order valence-corrected chi connectivity index (χ3v) is 3.01. The van der Waals surface area contributed by atoms with Gasteiger partial charge in [-0.15, -0.1) is 0 Å². The lowest BCUT2D eigenvalue weighted by Gasteiger charge is -2.29. The number of hydrogen-bond donors (Lipinski definition) is 1. The van der Waals surface area contributed by atoms with Crippen molar-refractivity contribution < 1.29 is 9.53 Å². The van der Waals surface area contributed by atoms with E-state index in [1.807, 2.05) is 13.0 Å². The van der Waals surface area contributed by atoms with Crippen molar-refractivity contribution in [2.24, 2.45) is 0 Å². The van der Waals surface area contributed by atoms with Gasteiger partial charge in [-0.3, -0.25) is 4.79 Å². The van der Waals surface area contributed by atoms with Gasteiger partial charge in [-0.25, -0.2) is 0 Å². The highest BCUT2D eigenvalue weighted by atomic mass is 16.5. The van der Waals surface area contributed by atoms with Crippen LogP contribution in [0.5, 0.6) is 0 Å². The minimum atomic E-state index is -0.530. The molecule has 5 heteroatoms. The third kappa shape index (κ3) is 2.44. The van der Waals surface area contributed by atoms with E-state index >= 15 is 0 Å². The van der Waals surface area contributed by atoms with Gasteiger partial charge in [-0.05, 0) is 30.7 Å². The highest BCUT2D eigenvalue weighted by Gasteiger charge is 2.24. The fraction of sp³-hybridized carbons (Fsp3) is 0.385. The van der Waals surface area contributed by atoms with Crippen molar-refractivity contribution in [3.05, 3.63) is 29.3 Å². The fourth-order valence-electron chi connectivity index (χ4n) is 1.90. The number of ether oxygens (including phenoxy) is 1. The SMILES string of the molecule is Cc1cc(C(=O)N2CCOC(C#N)C2)ccc1N. The predicted molar refractivity (Wildman–Crippen MR) is 66.8 cm³/mol. The molecule has 1 aromatic carbocycles. The summed E-state index contributed by atoms with van der Waals surface area (Å²) in [5.41, 5.74) is 7.87. The monoisotopic (exact) mass is 245 g/mol. The van der Waals surface area contributed by atoms with Crippen LogP contribution in [0.15, 0.2) is 18.2 Å². The van der Waals surface area contributed by atoms with E-state index in [4.69, 9.17) is 15.7 Å². The van der Waals surface area contributed by atoms with Crippen molar-refractivity contribution >= 4 is 11.6 Å². The molecule has 1 unspecified atom stereocenters. The topological polar surface area (TPSA) is 79.3 Å². The van der Waals surface area contributed by atoms with E-state index < -0.39 is 6.10 Å². The number of nitrogens with two attached hydrogens (primary N) is 1. The van der Waals surface area contributed by atoms with Gasteiger partial charge in [-0.1, -0.05) is 0 Å². The number of nitrogens with zero attached hydrogens (tertiary/aromatic N) is 2. The maximum absolute atomic E-state index is 12.2. The van der Waals surface area contributed by atoms with Crippen LogP contribution in [-0.2, 0) is 4.74 Å². The summed E-state index contributed by atoms with van der Waals surface area (Å²) in [6.07, 6.45) is -0.530. The molecule has 0 saturated carbocycles. The molecule has 5 nitrogen and oxygen atoms in total. The Hall–Kier alpha value is -2.06. The molecule has 18 heavy (non-hydrogen) atoms. The molecule has 1 aliphatic rings. The lowest BCUT2D eigenvalue weighted by atomic mass is 10.1. The average Bonchev–Trinajstić information content (AvgIpc) is 2.41. The van der Waals surface area contributed by atoms with Crippen LogP contribution < -0.4 is 5.73 Å². The summed E-state index contributed by atoms with van der Waals surface area (Å²) in [7, 11) is 0. The second kappa shape index (κ2) is 5.07. The maximum Gasteiger partial charge on any atom is 0.254 e. The van der Waals surface area contributed by atoms with Crippen molar-refractivity contribution in [3.63, 3.8) is 0 Å². The molecular formula is C13H15N3O2. The summed E-state index contributed by atoms with van der Waals surface area (Å²) in [4.78, 5) is 13.9. The first-order valence-electron chi connectivity index (χ1n) is 5.78. The van der Waals surface area contributed by atoms with Gasteiger partial charge in [0.25, 0.3) is 5.91 Å². The van der Waals surface area contributed by atoms with Crippen LogP contribution in [0.25, 0.3) is 0 Å². The second-order valence-corrected chi connectivity index (χ2v) is 4.31. The summed E-state index contributed by atoms with van der Waals surface area (Å²) >= 11 is 0. The molecule has 1 heterocycles. The third-order valence-electron chi connectivity index (χ3n) is 3.01. The molecule has 0 aliphatic carbocycles. The summed E-state index contributed by atoms with van der Waals surface area (Å²) < 4.78 is 5.21. The van der Waals surface area contributed by atoms with Gasteiger partial charge in [0, 0.05) is 17.8 Å². The Morgan fingerprint density at radius 2 is 2.39 bits per heavy atom. The number of anilines is 1. The van der Waals surface area contributed by atoms with Gasteiger partial charge in [0.1, 0.15) is 0 Å². The Bertz CT molecular complexity index is 507. The number of nitrogen functional groups attached to an aromatic ring is 1. The van der Waals surface area contributed by atoms with Gasteiger partial charge < -0.3 is 15.4 Å². The molecule has 1 aliphatic heterocycles. The van der Waals surface area contributed by atoms with Crippen molar-refractivity contribution in [3.8, 4) is 6.07 Å². The van der Waals surface area contributed by atoms with Crippen molar-refractivity contribution in [2.45, 2.75) is 13.0 Å². The molecule has 0 aromatic heterocycles. The van der Waals surface area contributed by atoms with Crippen molar-refractivity contribution in [1.82, 2.24) is 4.90 Å². The van der Waals surface area contributed by atoms with Crippen LogP contribution in [-0.4, -0.2) is 36.6 Å². The Morgan fingerprint density at radius 3 is 3.06 bits per heavy atom. The summed E-state index contributed by atoms with van der Waals surface area (Å²) in [6.45, 7) is 3.10. The lowest BCUT2D eigenvalue weighted by Crippen LogP contribution is -2.45. The van der Waals surface area contributed by atoms with Gasteiger partial charge in [0.2, 0.25) is 0 Å². The minimum absolute atomic E-state index is 0.0818. The predicted octanol–water partition coefficient (Wildman–Crippen LogP) is 0.942. The lowest BCUT2D eigenvalue weighted by molar-refractivity contribution is 0.00346. The zero-order valence-electron chi connectivity index (χ0n) is 10.2. The number of benzene rings is 1.